The molecular weight excluding hydrogens is 306 g/mol. The highest BCUT2D eigenvalue weighted by molar-refractivity contribution is 5.66. The molecule has 0 bridgehead atoms. The molecule has 0 aliphatic carbocycles. The third-order valence-electron chi connectivity index (χ3n) is 4.98. The molecular formula is C22H29N3. The van der Waals surface area contributed by atoms with Gasteiger partial charge in [-0.25, -0.2) is 0 Å². The van der Waals surface area contributed by atoms with Crippen LogP contribution >= 0.6 is 0 Å². The molecule has 132 valence electrons. The van der Waals surface area contributed by atoms with Gasteiger partial charge in [-0.2, -0.15) is 0 Å². The lowest BCUT2D eigenvalue weighted by Crippen LogP contribution is -2.42. The first kappa shape index (κ1) is 17.6. The summed E-state index contributed by atoms with van der Waals surface area (Å²) >= 11 is 0. The van der Waals surface area contributed by atoms with E-state index in [-0.39, 0.29) is 6.04 Å². The van der Waals surface area contributed by atoms with Crippen LogP contribution < -0.4 is 15.6 Å². The minimum absolute atomic E-state index is 0.222. The molecule has 1 unspecified atom stereocenters. The van der Waals surface area contributed by atoms with Gasteiger partial charge in [0.25, 0.3) is 0 Å². The zero-order valence-electron chi connectivity index (χ0n) is 16.3. The second-order valence-electron chi connectivity index (χ2n) is 7.38. The van der Waals surface area contributed by atoms with Crippen LogP contribution in [0.5, 0.6) is 0 Å². The molecule has 0 saturated carbocycles. The standard InChI is InChI=1S/C22H29N3/c1-8-20-13-24(21-16(4)9-14(2)10-17(21)5)23-25(20)22-18(6)11-15(3)12-19(22)7/h8-12,20,23H,1,13H2,2-7H3. The molecule has 1 atom stereocenters. The Hall–Kier alpha value is -2.26. The van der Waals surface area contributed by atoms with Crippen molar-refractivity contribution in [1.29, 1.82) is 0 Å². The monoisotopic (exact) mass is 335 g/mol. The topological polar surface area (TPSA) is 18.5 Å². The van der Waals surface area contributed by atoms with Gasteiger partial charge in [0, 0.05) is 0 Å². The Balaban J connectivity index is 2.01. The maximum atomic E-state index is 4.07. The average Bonchev–Trinajstić information content (AvgIpc) is 2.88. The molecule has 0 radical (unpaired) electrons. The molecule has 1 fully saturated rings. The Kier molecular flexibility index (Phi) is 4.61. The summed E-state index contributed by atoms with van der Waals surface area (Å²) in [6.45, 7) is 18.0. The van der Waals surface area contributed by atoms with Crippen LogP contribution in [0.2, 0.25) is 0 Å². The predicted octanol–water partition coefficient (Wildman–Crippen LogP) is 4.84. The Morgan fingerprint density at radius 2 is 1.28 bits per heavy atom. The third-order valence-corrected chi connectivity index (χ3v) is 4.98. The van der Waals surface area contributed by atoms with Gasteiger partial charge in [-0.3, -0.25) is 10.0 Å². The quantitative estimate of drug-likeness (QED) is 0.810. The van der Waals surface area contributed by atoms with Gasteiger partial charge in [-0.1, -0.05) is 41.5 Å². The molecule has 1 aliphatic rings. The van der Waals surface area contributed by atoms with Gasteiger partial charge in [0.1, 0.15) is 0 Å². The van der Waals surface area contributed by atoms with Crippen molar-refractivity contribution in [2.24, 2.45) is 0 Å². The lowest BCUT2D eigenvalue weighted by atomic mass is 10.0. The minimum Gasteiger partial charge on any atom is -0.288 e. The van der Waals surface area contributed by atoms with Crippen LogP contribution in [0.3, 0.4) is 0 Å². The second-order valence-corrected chi connectivity index (χ2v) is 7.38. The van der Waals surface area contributed by atoms with Gasteiger partial charge in [0.15, 0.2) is 0 Å². The highest BCUT2D eigenvalue weighted by atomic mass is 15.8. The Labute approximate surface area is 151 Å². The van der Waals surface area contributed by atoms with Crippen molar-refractivity contribution in [3.8, 4) is 0 Å². The van der Waals surface area contributed by atoms with E-state index >= 15 is 0 Å². The number of nitrogens with zero attached hydrogens (tertiary/aromatic N) is 2. The maximum Gasteiger partial charge on any atom is 0.0842 e. The second kappa shape index (κ2) is 6.57. The lowest BCUT2D eigenvalue weighted by molar-refractivity contribution is 0.708. The first-order chi connectivity index (χ1) is 11.8. The number of aryl methyl sites for hydroxylation is 6. The molecule has 25 heavy (non-hydrogen) atoms. The smallest absolute Gasteiger partial charge is 0.0842 e. The largest absolute Gasteiger partial charge is 0.288 e. The van der Waals surface area contributed by atoms with Crippen LogP contribution in [0.4, 0.5) is 11.4 Å². The van der Waals surface area contributed by atoms with Crippen LogP contribution in [0.1, 0.15) is 33.4 Å². The molecule has 0 aromatic heterocycles. The fourth-order valence-corrected chi connectivity index (χ4v) is 4.20. The number of hydrogen-bond acceptors (Lipinski definition) is 3. The molecule has 1 aliphatic heterocycles. The van der Waals surface area contributed by atoms with E-state index in [1.165, 1.54) is 44.8 Å². The van der Waals surface area contributed by atoms with E-state index in [0.29, 0.717) is 0 Å². The van der Waals surface area contributed by atoms with Crippen molar-refractivity contribution in [2.45, 2.75) is 47.6 Å². The number of anilines is 2. The van der Waals surface area contributed by atoms with Gasteiger partial charge in [0.05, 0.1) is 24.0 Å². The Bertz CT molecular complexity index is 776. The first-order valence-corrected chi connectivity index (χ1v) is 8.93. The molecule has 3 heteroatoms. The molecule has 3 rings (SSSR count). The summed E-state index contributed by atoms with van der Waals surface area (Å²) < 4.78 is 0. The molecule has 2 aromatic rings. The molecule has 2 aromatic carbocycles. The van der Waals surface area contributed by atoms with Gasteiger partial charge >= 0.3 is 0 Å². The van der Waals surface area contributed by atoms with E-state index in [2.05, 4.69) is 87.9 Å². The van der Waals surface area contributed by atoms with Gasteiger partial charge in [-0.05, 0) is 63.8 Å². The van der Waals surface area contributed by atoms with Crippen molar-refractivity contribution in [3.63, 3.8) is 0 Å². The fourth-order valence-electron chi connectivity index (χ4n) is 4.20. The van der Waals surface area contributed by atoms with Gasteiger partial charge in [-0.15, -0.1) is 12.1 Å². The summed E-state index contributed by atoms with van der Waals surface area (Å²) in [5.74, 6) is 0. The normalized spacial score (nSPS) is 17.3. The van der Waals surface area contributed by atoms with Crippen molar-refractivity contribution in [2.75, 3.05) is 16.6 Å². The zero-order chi connectivity index (χ0) is 18.3. The minimum atomic E-state index is 0.222. The number of hydrogen-bond donors (Lipinski definition) is 1. The average molecular weight is 335 g/mol. The summed E-state index contributed by atoms with van der Waals surface area (Å²) in [6, 6.07) is 9.21. The summed E-state index contributed by atoms with van der Waals surface area (Å²) in [6.07, 6.45) is 2.03. The van der Waals surface area contributed by atoms with E-state index in [4.69, 9.17) is 0 Å². The molecule has 1 N–H and O–H groups in total. The fraction of sp³-hybridized carbons (Fsp3) is 0.364. The number of rotatable bonds is 3. The number of hydrazine groups is 2. The summed E-state index contributed by atoms with van der Waals surface area (Å²) in [4.78, 5) is 0. The van der Waals surface area contributed by atoms with Crippen LogP contribution in [0.15, 0.2) is 36.9 Å². The van der Waals surface area contributed by atoms with Crippen molar-refractivity contribution in [1.82, 2.24) is 5.53 Å². The highest BCUT2D eigenvalue weighted by Gasteiger charge is 2.31. The molecule has 0 spiro atoms. The van der Waals surface area contributed by atoms with Crippen LogP contribution in [0.25, 0.3) is 0 Å². The van der Waals surface area contributed by atoms with Crippen molar-refractivity contribution < 1.29 is 0 Å². The number of benzene rings is 2. The van der Waals surface area contributed by atoms with E-state index in [0.717, 1.165) is 6.54 Å². The first-order valence-electron chi connectivity index (χ1n) is 8.93. The molecule has 1 saturated heterocycles. The molecule has 1 heterocycles. The zero-order valence-corrected chi connectivity index (χ0v) is 16.3. The molecule has 0 amide bonds. The number of nitrogens with one attached hydrogen (secondary N) is 1. The van der Waals surface area contributed by atoms with Crippen molar-refractivity contribution >= 4 is 11.4 Å². The van der Waals surface area contributed by atoms with E-state index in [1.807, 2.05) is 6.08 Å². The summed E-state index contributed by atoms with van der Waals surface area (Å²) in [5, 5.41) is 4.52. The van der Waals surface area contributed by atoms with Gasteiger partial charge in [0.2, 0.25) is 0 Å². The SMILES string of the molecule is C=CC1CN(c2c(C)cc(C)cc2C)NN1c1c(C)cc(C)cc1C. The Morgan fingerprint density at radius 1 is 0.840 bits per heavy atom. The van der Waals surface area contributed by atoms with Crippen LogP contribution in [0, 0.1) is 41.5 Å². The van der Waals surface area contributed by atoms with Crippen LogP contribution in [-0.2, 0) is 0 Å². The predicted molar refractivity (Wildman–Crippen MR) is 108 cm³/mol. The van der Waals surface area contributed by atoms with Crippen LogP contribution in [-0.4, -0.2) is 12.6 Å². The summed E-state index contributed by atoms with van der Waals surface area (Å²) in [5.41, 5.74) is 13.9. The van der Waals surface area contributed by atoms with Gasteiger partial charge < -0.3 is 0 Å². The van der Waals surface area contributed by atoms with E-state index in [9.17, 15) is 0 Å². The van der Waals surface area contributed by atoms with Crippen molar-refractivity contribution in [3.05, 3.63) is 70.3 Å². The molecule has 3 nitrogen and oxygen atoms in total. The summed E-state index contributed by atoms with van der Waals surface area (Å²) in [7, 11) is 0. The third kappa shape index (κ3) is 3.16. The Morgan fingerprint density at radius 3 is 1.72 bits per heavy atom. The maximum absolute atomic E-state index is 4.07. The lowest BCUT2D eigenvalue weighted by Gasteiger charge is -2.29. The van der Waals surface area contributed by atoms with E-state index < -0.39 is 0 Å². The highest BCUT2D eigenvalue weighted by Crippen LogP contribution is 2.33. The van der Waals surface area contributed by atoms with E-state index in [1.54, 1.807) is 0 Å².